The van der Waals surface area contributed by atoms with Crippen LogP contribution in [0, 0.1) is 6.92 Å². The minimum atomic E-state index is -3.65. The van der Waals surface area contributed by atoms with Crippen LogP contribution in [-0.4, -0.2) is 32.1 Å². The van der Waals surface area contributed by atoms with Crippen LogP contribution in [0.25, 0.3) is 10.9 Å². The van der Waals surface area contributed by atoms with Crippen molar-refractivity contribution in [2.75, 3.05) is 22.4 Å². The largest absolute Gasteiger partial charge is 0.323 e. The maximum atomic E-state index is 12.8. The Kier molecular flexibility index (Phi) is 5.65. The molecule has 0 aliphatic heterocycles. The Hall–Kier alpha value is -2.93. The van der Waals surface area contributed by atoms with Crippen molar-refractivity contribution in [1.29, 1.82) is 0 Å². The summed E-state index contributed by atoms with van der Waals surface area (Å²) in [4.78, 5) is 17.1. The summed E-state index contributed by atoms with van der Waals surface area (Å²) in [6.45, 7) is 3.50. The smallest absolute Gasteiger partial charge is 0.245 e. The van der Waals surface area contributed by atoms with E-state index in [1.807, 2.05) is 56.3 Å². The molecule has 0 aliphatic rings. The van der Waals surface area contributed by atoms with Gasteiger partial charge in [-0.2, -0.15) is 0 Å². The van der Waals surface area contributed by atoms with E-state index in [0.29, 0.717) is 23.3 Å². The Balaban J connectivity index is 1.94. The third kappa shape index (κ3) is 4.14. The second-order valence-corrected chi connectivity index (χ2v) is 8.54. The number of carbonyl (C=O) groups excluding carboxylic acids is 1. The number of amides is 1. The first-order chi connectivity index (χ1) is 13.3. The van der Waals surface area contributed by atoms with Crippen LogP contribution in [0.1, 0.15) is 18.1 Å². The van der Waals surface area contributed by atoms with Gasteiger partial charge in [0.25, 0.3) is 0 Å². The van der Waals surface area contributed by atoms with Crippen molar-refractivity contribution in [3.05, 3.63) is 65.9 Å². The Morgan fingerprint density at radius 3 is 2.54 bits per heavy atom. The molecule has 0 saturated heterocycles. The topological polar surface area (TPSA) is 79.4 Å². The summed E-state index contributed by atoms with van der Waals surface area (Å²) < 4.78 is 26.1. The molecule has 7 heteroatoms. The Bertz CT molecular complexity index is 1120. The summed E-state index contributed by atoms with van der Waals surface area (Å²) in [6.07, 6.45) is 3.44. The number of aromatic nitrogens is 1. The summed E-state index contributed by atoms with van der Waals surface area (Å²) in [5.41, 5.74) is 3.47. The van der Waals surface area contributed by atoms with Crippen LogP contribution in [0.3, 0.4) is 0 Å². The first-order valence-corrected chi connectivity index (χ1v) is 10.9. The zero-order valence-corrected chi connectivity index (χ0v) is 17.0. The number of sulfonamides is 1. The van der Waals surface area contributed by atoms with Crippen LogP contribution in [0.15, 0.2) is 54.7 Å². The van der Waals surface area contributed by atoms with Gasteiger partial charge in [0.15, 0.2) is 0 Å². The molecule has 3 aromatic rings. The highest BCUT2D eigenvalue weighted by atomic mass is 32.2. The van der Waals surface area contributed by atoms with Gasteiger partial charge in [-0.15, -0.1) is 0 Å². The third-order valence-electron chi connectivity index (χ3n) is 4.55. The number of benzene rings is 2. The summed E-state index contributed by atoms with van der Waals surface area (Å²) >= 11 is 0. The minimum absolute atomic E-state index is 0.306. The number of aryl methyl sites for hydroxylation is 2. The van der Waals surface area contributed by atoms with Gasteiger partial charge in [-0.1, -0.05) is 43.3 Å². The quantitative estimate of drug-likeness (QED) is 0.690. The lowest BCUT2D eigenvalue weighted by Gasteiger charge is -2.26. The fourth-order valence-corrected chi connectivity index (χ4v) is 4.19. The number of nitrogens with zero attached hydrogens (tertiary/aromatic N) is 2. The van der Waals surface area contributed by atoms with Crippen LogP contribution in [0.4, 0.5) is 11.4 Å². The summed E-state index contributed by atoms with van der Waals surface area (Å²) in [5.74, 6) is -0.422. The first-order valence-electron chi connectivity index (χ1n) is 9.01. The highest BCUT2D eigenvalue weighted by Crippen LogP contribution is 2.28. The van der Waals surface area contributed by atoms with Gasteiger partial charge < -0.3 is 5.32 Å². The zero-order valence-electron chi connectivity index (χ0n) is 16.1. The average Bonchev–Trinajstić information content (AvgIpc) is 2.66. The highest BCUT2D eigenvalue weighted by Gasteiger charge is 2.24. The van der Waals surface area contributed by atoms with E-state index < -0.39 is 15.9 Å². The van der Waals surface area contributed by atoms with Gasteiger partial charge in [-0.25, -0.2) is 8.42 Å². The second-order valence-electron chi connectivity index (χ2n) is 6.63. The van der Waals surface area contributed by atoms with E-state index in [9.17, 15) is 13.2 Å². The molecular weight excluding hydrogens is 374 g/mol. The van der Waals surface area contributed by atoms with Gasteiger partial charge in [-0.3, -0.25) is 14.1 Å². The van der Waals surface area contributed by atoms with Crippen LogP contribution >= 0.6 is 0 Å². The highest BCUT2D eigenvalue weighted by molar-refractivity contribution is 7.92. The number of hydrogen-bond donors (Lipinski definition) is 1. The average molecular weight is 398 g/mol. The molecule has 28 heavy (non-hydrogen) atoms. The summed E-state index contributed by atoms with van der Waals surface area (Å²) in [6, 6.07) is 14.8. The van der Waals surface area contributed by atoms with Gasteiger partial charge in [0.05, 0.1) is 23.1 Å². The fourth-order valence-electron chi connectivity index (χ4n) is 3.25. The van der Waals surface area contributed by atoms with E-state index in [2.05, 4.69) is 10.3 Å². The van der Waals surface area contributed by atoms with Gasteiger partial charge in [0, 0.05) is 11.6 Å². The van der Waals surface area contributed by atoms with Crippen LogP contribution in [0.5, 0.6) is 0 Å². The predicted molar refractivity (Wildman–Crippen MR) is 113 cm³/mol. The number of para-hydroxylation sites is 2. The molecule has 1 aromatic heterocycles. The zero-order chi connectivity index (χ0) is 20.3. The molecule has 0 atom stereocenters. The molecule has 6 nitrogen and oxygen atoms in total. The van der Waals surface area contributed by atoms with Gasteiger partial charge >= 0.3 is 0 Å². The fraction of sp³-hybridized carbons (Fsp3) is 0.238. The summed E-state index contributed by atoms with van der Waals surface area (Å²) in [5, 5.41) is 3.70. The summed E-state index contributed by atoms with van der Waals surface area (Å²) in [7, 11) is -3.65. The lowest BCUT2D eigenvalue weighted by atomic mass is 10.1. The molecule has 1 amide bonds. The molecule has 1 heterocycles. The maximum absolute atomic E-state index is 12.8. The number of nitrogens with one attached hydrogen (secondary N) is 1. The molecule has 0 saturated carbocycles. The molecule has 146 valence electrons. The first kappa shape index (κ1) is 19.8. The van der Waals surface area contributed by atoms with Crippen molar-refractivity contribution in [3.8, 4) is 0 Å². The van der Waals surface area contributed by atoms with Gasteiger partial charge in [0.1, 0.15) is 6.54 Å². The SMILES string of the molecule is CCc1cccc(C)c1N(CC(=O)Nc1cccc2cccnc12)S(C)(=O)=O. The van der Waals surface area contributed by atoms with E-state index in [1.165, 1.54) is 4.31 Å². The number of anilines is 2. The molecule has 0 aliphatic carbocycles. The number of fused-ring (bicyclic) bond motifs is 1. The molecular formula is C21H23N3O3S. The van der Waals surface area contributed by atoms with Crippen molar-refractivity contribution >= 4 is 38.2 Å². The van der Waals surface area contributed by atoms with Crippen molar-refractivity contribution < 1.29 is 13.2 Å². The molecule has 1 N–H and O–H groups in total. The molecule has 0 bridgehead atoms. The third-order valence-corrected chi connectivity index (χ3v) is 5.66. The molecule has 0 spiro atoms. The molecule has 0 unspecified atom stereocenters. The number of pyridine rings is 1. The number of hydrogen-bond acceptors (Lipinski definition) is 4. The van der Waals surface area contributed by atoms with E-state index in [-0.39, 0.29) is 6.54 Å². The number of carbonyl (C=O) groups is 1. The molecule has 2 aromatic carbocycles. The standard InChI is InChI=1S/C21H23N3O3S/c1-4-16-9-5-8-15(2)21(16)24(28(3,26)27)14-19(25)23-18-12-6-10-17-11-7-13-22-20(17)18/h5-13H,4,14H2,1-3H3,(H,23,25). The van der Waals surface area contributed by atoms with Crippen molar-refractivity contribution in [2.45, 2.75) is 20.3 Å². The van der Waals surface area contributed by atoms with Gasteiger partial charge in [-0.05, 0) is 36.6 Å². The Morgan fingerprint density at radius 2 is 1.82 bits per heavy atom. The molecule has 0 fully saturated rings. The Morgan fingerprint density at radius 1 is 1.11 bits per heavy atom. The van der Waals surface area contributed by atoms with Crippen LogP contribution in [-0.2, 0) is 21.2 Å². The minimum Gasteiger partial charge on any atom is -0.323 e. The van der Waals surface area contributed by atoms with E-state index in [0.717, 1.165) is 22.8 Å². The number of rotatable bonds is 6. The van der Waals surface area contributed by atoms with E-state index in [4.69, 9.17) is 0 Å². The lowest BCUT2D eigenvalue weighted by molar-refractivity contribution is -0.114. The molecule has 0 radical (unpaired) electrons. The van der Waals surface area contributed by atoms with Crippen LogP contribution < -0.4 is 9.62 Å². The van der Waals surface area contributed by atoms with Gasteiger partial charge in [0.2, 0.25) is 15.9 Å². The van der Waals surface area contributed by atoms with Crippen molar-refractivity contribution in [3.63, 3.8) is 0 Å². The normalized spacial score (nSPS) is 11.4. The van der Waals surface area contributed by atoms with Crippen LogP contribution in [0.2, 0.25) is 0 Å². The second kappa shape index (κ2) is 7.98. The van der Waals surface area contributed by atoms with Crippen molar-refractivity contribution in [1.82, 2.24) is 4.98 Å². The monoisotopic (exact) mass is 397 g/mol. The van der Waals surface area contributed by atoms with E-state index >= 15 is 0 Å². The lowest BCUT2D eigenvalue weighted by Crippen LogP contribution is -2.38. The van der Waals surface area contributed by atoms with Crippen molar-refractivity contribution in [2.24, 2.45) is 0 Å². The van der Waals surface area contributed by atoms with E-state index in [1.54, 1.807) is 12.3 Å². The predicted octanol–water partition coefficient (Wildman–Crippen LogP) is 3.51. The Labute approximate surface area is 165 Å². The molecule has 3 rings (SSSR count). The maximum Gasteiger partial charge on any atom is 0.245 e.